The Hall–Kier alpha value is -3.41. The highest BCUT2D eigenvalue weighted by atomic mass is 32.2. The number of carbonyl (C=O) groups excluding carboxylic acids is 1. The molecule has 0 bridgehead atoms. The summed E-state index contributed by atoms with van der Waals surface area (Å²) < 4.78 is 31.8. The highest BCUT2D eigenvalue weighted by Gasteiger charge is 2.30. The summed E-state index contributed by atoms with van der Waals surface area (Å²) in [6, 6.07) is 14.9. The van der Waals surface area contributed by atoms with Crippen molar-refractivity contribution >= 4 is 38.2 Å². The molecule has 2 heterocycles. The molecule has 0 aliphatic carbocycles. The Morgan fingerprint density at radius 1 is 1.21 bits per heavy atom. The first-order valence-corrected chi connectivity index (χ1v) is 14.3. The largest absolute Gasteiger partial charge is 0.483 e. The number of sulfonamides is 1. The van der Waals surface area contributed by atoms with E-state index in [2.05, 4.69) is 26.7 Å². The van der Waals surface area contributed by atoms with Gasteiger partial charge in [0.15, 0.2) is 6.61 Å². The van der Waals surface area contributed by atoms with Gasteiger partial charge in [-0.2, -0.15) is 0 Å². The molecule has 2 N–H and O–H groups in total. The van der Waals surface area contributed by atoms with Crippen molar-refractivity contribution in [3.8, 4) is 5.75 Å². The normalized spacial score (nSPS) is 16.8. The van der Waals surface area contributed by atoms with Crippen molar-refractivity contribution in [3.05, 3.63) is 60.3 Å². The maximum Gasteiger partial charge on any atom is 0.260 e. The fourth-order valence-electron chi connectivity index (χ4n) is 4.66. The summed E-state index contributed by atoms with van der Waals surface area (Å²) in [4.78, 5) is 23.4. The van der Waals surface area contributed by atoms with E-state index in [0.717, 1.165) is 24.1 Å². The molecule has 2 aromatic carbocycles. The third-order valence-corrected chi connectivity index (χ3v) is 7.25. The van der Waals surface area contributed by atoms with Crippen molar-refractivity contribution in [2.45, 2.75) is 18.6 Å². The van der Waals surface area contributed by atoms with Crippen LogP contribution in [0.3, 0.4) is 0 Å². The van der Waals surface area contributed by atoms with Gasteiger partial charge >= 0.3 is 0 Å². The molecule has 1 amide bonds. The van der Waals surface area contributed by atoms with Gasteiger partial charge in [0.05, 0.1) is 29.6 Å². The first-order valence-electron chi connectivity index (χ1n) is 12.4. The Morgan fingerprint density at radius 2 is 2.00 bits per heavy atom. The van der Waals surface area contributed by atoms with Gasteiger partial charge in [-0.3, -0.25) is 19.4 Å². The molecule has 204 valence electrons. The summed E-state index contributed by atoms with van der Waals surface area (Å²) in [5.74, 6) is 0.237. The van der Waals surface area contributed by atoms with Gasteiger partial charge < -0.3 is 19.6 Å². The average molecular weight is 542 g/mol. The molecule has 0 unspecified atom stereocenters. The first-order chi connectivity index (χ1) is 18.0. The van der Waals surface area contributed by atoms with E-state index in [4.69, 9.17) is 4.74 Å². The molecule has 1 aliphatic heterocycles. The summed E-state index contributed by atoms with van der Waals surface area (Å²) >= 11 is 0. The third kappa shape index (κ3) is 6.72. The monoisotopic (exact) mass is 541 g/mol. The number of likely N-dealkylation sites (tertiary alicyclic amines) is 1. The van der Waals surface area contributed by atoms with E-state index >= 15 is 0 Å². The maximum absolute atomic E-state index is 13.1. The van der Waals surface area contributed by atoms with Gasteiger partial charge in [0.2, 0.25) is 10.0 Å². The number of pyridine rings is 1. The maximum atomic E-state index is 13.1. The number of fused-ring (bicyclic) bond motifs is 1. The number of carbonyl (C=O) groups is 1. The van der Waals surface area contributed by atoms with Crippen LogP contribution in [-0.4, -0.2) is 94.0 Å². The number of aliphatic hydroxyl groups is 1. The van der Waals surface area contributed by atoms with Crippen molar-refractivity contribution in [1.82, 2.24) is 14.8 Å². The van der Waals surface area contributed by atoms with Crippen LogP contribution in [0.1, 0.15) is 18.0 Å². The zero-order chi connectivity index (χ0) is 27.4. The number of aromatic nitrogens is 1. The van der Waals surface area contributed by atoms with Crippen LogP contribution in [0, 0.1) is 0 Å². The van der Waals surface area contributed by atoms with Crippen LogP contribution in [0.15, 0.2) is 54.7 Å². The molecule has 1 aromatic heterocycles. The van der Waals surface area contributed by atoms with Gasteiger partial charge in [-0.1, -0.05) is 12.1 Å². The standard InChI is InChI=1S/C27H35N5O5S/c1-30(2)20-8-5-7-19(15-20)24(32-14-12-21(33)16-32)17-31(3)26(34)18-37-25-11-10-23(29-38(4,35)36)27-22(25)9-6-13-28-27/h5-11,13,15,21,24,29,33H,12,14,16-18H2,1-4H3/t21-,24-/m0/s1. The van der Waals surface area contributed by atoms with E-state index in [-0.39, 0.29) is 24.7 Å². The zero-order valence-electron chi connectivity index (χ0n) is 22.2. The second-order valence-corrected chi connectivity index (χ2v) is 11.6. The summed E-state index contributed by atoms with van der Waals surface area (Å²) in [7, 11) is 2.24. The molecule has 2 atom stereocenters. The number of aliphatic hydroxyl groups excluding tert-OH is 1. The van der Waals surface area contributed by atoms with Crippen molar-refractivity contribution in [3.63, 3.8) is 0 Å². The van der Waals surface area contributed by atoms with Crippen molar-refractivity contribution in [1.29, 1.82) is 0 Å². The Morgan fingerprint density at radius 3 is 2.68 bits per heavy atom. The number of β-amino-alcohol motifs (C(OH)–C–C–N with tert-alkyl or cyclic N) is 1. The van der Waals surface area contributed by atoms with Gasteiger partial charge in [0.25, 0.3) is 5.91 Å². The number of likely N-dealkylation sites (N-methyl/N-ethyl adjacent to an activating group) is 1. The second-order valence-electron chi connectivity index (χ2n) is 9.89. The third-order valence-electron chi connectivity index (χ3n) is 6.66. The number of nitrogens with one attached hydrogen (secondary N) is 1. The number of anilines is 2. The fraction of sp³-hybridized carbons (Fsp3) is 0.407. The molecular weight excluding hydrogens is 506 g/mol. The Labute approximate surface area is 223 Å². The second kappa shape index (κ2) is 11.5. The molecule has 1 fully saturated rings. The number of hydrogen-bond donors (Lipinski definition) is 2. The van der Waals surface area contributed by atoms with E-state index in [9.17, 15) is 18.3 Å². The summed E-state index contributed by atoms with van der Waals surface area (Å²) in [5.41, 5.74) is 2.93. The predicted molar refractivity (Wildman–Crippen MR) is 149 cm³/mol. The molecule has 38 heavy (non-hydrogen) atoms. The van der Waals surface area contributed by atoms with Crippen LogP contribution < -0.4 is 14.4 Å². The minimum absolute atomic E-state index is 0.0765. The molecule has 3 aromatic rings. The van der Waals surface area contributed by atoms with Crippen LogP contribution in [0.25, 0.3) is 10.9 Å². The summed E-state index contributed by atoms with van der Waals surface area (Å²) in [5, 5.41) is 10.8. The summed E-state index contributed by atoms with van der Waals surface area (Å²) in [6.45, 7) is 1.56. The number of nitrogens with zero attached hydrogens (tertiary/aromatic N) is 4. The molecule has 1 saturated heterocycles. The van der Waals surface area contributed by atoms with E-state index < -0.39 is 10.0 Å². The number of rotatable bonds is 10. The van der Waals surface area contributed by atoms with Gasteiger partial charge in [-0.15, -0.1) is 0 Å². The molecule has 0 spiro atoms. The Bertz CT molecular complexity index is 1400. The molecule has 0 radical (unpaired) electrons. The molecule has 4 rings (SSSR count). The fourth-order valence-corrected chi connectivity index (χ4v) is 5.22. The quantitative estimate of drug-likeness (QED) is 0.402. The molecule has 0 saturated carbocycles. The molecule has 1 aliphatic rings. The van der Waals surface area contributed by atoms with Crippen LogP contribution in [-0.2, 0) is 14.8 Å². The lowest BCUT2D eigenvalue weighted by molar-refractivity contribution is -0.132. The zero-order valence-corrected chi connectivity index (χ0v) is 23.0. The smallest absolute Gasteiger partial charge is 0.260 e. The van der Waals surface area contributed by atoms with Gasteiger partial charge in [-0.25, -0.2) is 8.42 Å². The molecule has 10 nitrogen and oxygen atoms in total. The minimum atomic E-state index is -3.49. The van der Waals surface area contributed by atoms with E-state index in [1.54, 1.807) is 42.4 Å². The number of benzene rings is 2. The van der Waals surface area contributed by atoms with E-state index in [0.29, 0.717) is 41.9 Å². The lowest BCUT2D eigenvalue weighted by atomic mass is 10.0. The lowest BCUT2D eigenvalue weighted by Crippen LogP contribution is -2.40. The highest BCUT2D eigenvalue weighted by molar-refractivity contribution is 7.92. The van der Waals surface area contributed by atoms with Gasteiger partial charge in [0, 0.05) is 58.0 Å². The average Bonchev–Trinajstić information content (AvgIpc) is 3.31. The lowest BCUT2D eigenvalue weighted by Gasteiger charge is -2.32. The predicted octanol–water partition coefficient (Wildman–Crippen LogP) is 2.32. The molecular formula is C27H35N5O5S. The van der Waals surface area contributed by atoms with Crippen LogP contribution >= 0.6 is 0 Å². The topological polar surface area (TPSA) is 115 Å². The van der Waals surface area contributed by atoms with Crippen LogP contribution in [0.5, 0.6) is 5.75 Å². The Kier molecular flexibility index (Phi) is 8.39. The van der Waals surface area contributed by atoms with Crippen molar-refractivity contribution in [2.24, 2.45) is 0 Å². The van der Waals surface area contributed by atoms with E-state index in [1.165, 1.54) is 0 Å². The van der Waals surface area contributed by atoms with Crippen LogP contribution in [0.4, 0.5) is 11.4 Å². The Balaban J connectivity index is 1.49. The SMILES string of the molecule is CN(C[C@@H](c1cccc(N(C)C)c1)N1CC[C@H](O)C1)C(=O)COc1ccc(NS(C)(=O)=O)c2ncccc12. The number of ether oxygens (including phenoxy) is 1. The summed E-state index contributed by atoms with van der Waals surface area (Å²) in [6.07, 6.45) is 2.98. The van der Waals surface area contributed by atoms with Crippen molar-refractivity contribution in [2.75, 3.05) is 63.3 Å². The molecule has 11 heteroatoms. The van der Waals surface area contributed by atoms with Gasteiger partial charge in [0.1, 0.15) is 5.75 Å². The van der Waals surface area contributed by atoms with E-state index in [1.807, 2.05) is 31.1 Å². The van der Waals surface area contributed by atoms with Crippen LogP contribution in [0.2, 0.25) is 0 Å². The van der Waals surface area contributed by atoms with Crippen molar-refractivity contribution < 1.29 is 23.1 Å². The number of hydrogen-bond acceptors (Lipinski definition) is 8. The minimum Gasteiger partial charge on any atom is -0.483 e. The first kappa shape index (κ1) is 27.6. The van der Waals surface area contributed by atoms with Gasteiger partial charge in [-0.05, 0) is 48.4 Å². The highest BCUT2D eigenvalue weighted by Crippen LogP contribution is 2.31. The number of amides is 1.